The van der Waals surface area contributed by atoms with Crippen molar-refractivity contribution in [2.45, 2.75) is 11.8 Å². The molecule has 0 aliphatic heterocycles. The minimum atomic E-state index is 0.200. The Labute approximate surface area is 104 Å². The first-order chi connectivity index (χ1) is 7.16. The number of hydrogen-bond donors (Lipinski definition) is 0. The van der Waals surface area contributed by atoms with Crippen molar-refractivity contribution < 1.29 is 0 Å². The van der Waals surface area contributed by atoms with E-state index in [0.717, 1.165) is 15.9 Å². The molecule has 2 rings (SSSR count). The second-order valence-corrected chi connectivity index (χ2v) is 5.35. The Morgan fingerprint density at radius 3 is 2.80 bits per heavy atom. The van der Waals surface area contributed by atoms with Crippen molar-refractivity contribution in [3.05, 3.63) is 34.8 Å². The van der Waals surface area contributed by atoms with Crippen molar-refractivity contribution in [2.75, 3.05) is 0 Å². The van der Waals surface area contributed by atoms with Crippen molar-refractivity contribution in [1.29, 1.82) is 0 Å². The molecule has 2 aromatic rings. The SMILES string of the molecule is CC(Br)c1cn(-c2cncc(Br)c2)nn1. The number of halogens is 2. The molecule has 78 valence electrons. The van der Waals surface area contributed by atoms with Crippen LogP contribution >= 0.6 is 31.9 Å². The van der Waals surface area contributed by atoms with E-state index in [2.05, 4.69) is 47.2 Å². The predicted molar refractivity (Wildman–Crippen MR) is 64.2 cm³/mol. The van der Waals surface area contributed by atoms with E-state index in [1.807, 2.05) is 19.2 Å². The molecule has 0 N–H and O–H groups in total. The zero-order chi connectivity index (χ0) is 10.8. The second kappa shape index (κ2) is 4.40. The molecule has 0 aliphatic carbocycles. The van der Waals surface area contributed by atoms with Crippen molar-refractivity contribution in [2.24, 2.45) is 0 Å². The molecular weight excluding hydrogens is 324 g/mol. The maximum Gasteiger partial charge on any atom is 0.0965 e. The van der Waals surface area contributed by atoms with Gasteiger partial charge in [0.15, 0.2) is 0 Å². The molecule has 0 saturated carbocycles. The Morgan fingerprint density at radius 2 is 2.20 bits per heavy atom. The van der Waals surface area contributed by atoms with Gasteiger partial charge in [-0.15, -0.1) is 5.10 Å². The van der Waals surface area contributed by atoms with Gasteiger partial charge in [0, 0.05) is 10.7 Å². The second-order valence-electron chi connectivity index (χ2n) is 3.07. The van der Waals surface area contributed by atoms with E-state index >= 15 is 0 Å². The fourth-order valence-electron chi connectivity index (χ4n) is 1.11. The molecule has 0 saturated heterocycles. The van der Waals surface area contributed by atoms with Crippen LogP contribution in [-0.2, 0) is 0 Å². The maximum atomic E-state index is 4.07. The number of rotatable bonds is 2. The van der Waals surface area contributed by atoms with E-state index in [4.69, 9.17) is 0 Å². The highest BCUT2D eigenvalue weighted by Crippen LogP contribution is 2.20. The van der Waals surface area contributed by atoms with Crippen LogP contribution in [0.4, 0.5) is 0 Å². The zero-order valence-electron chi connectivity index (χ0n) is 7.93. The minimum absolute atomic E-state index is 0.200. The summed E-state index contributed by atoms with van der Waals surface area (Å²) >= 11 is 6.80. The van der Waals surface area contributed by atoms with Gasteiger partial charge in [-0.05, 0) is 28.9 Å². The van der Waals surface area contributed by atoms with Crippen molar-refractivity contribution in [3.63, 3.8) is 0 Å². The number of alkyl halides is 1. The Hall–Kier alpha value is -0.750. The zero-order valence-corrected chi connectivity index (χ0v) is 11.1. The molecule has 15 heavy (non-hydrogen) atoms. The molecule has 0 amide bonds. The van der Waals surface area contributed by atoms with Crippen LogP contribution in [0.2, 0.25) is 0 Å². The van der Waals surface area contributed by atoms with Gasteiger partial charge in [-0.1, -0.05) is 21.1 Å². The Morgan fingerprint density at radius 1 is 1.40 bits per heavy atom. The monoisotopic (exact) mass is 330 g/mol. The van der Waals surface area contributed by atoms with E-state index in [1.54, 1.807) is 17.1 Å². The molecule has 0 aromatic carbocycles. The summed E-state index contributed by atoms with van der Waals surface area (Å²) in [5.41, 5.74) is 1.78. The van der Waals surface area contributed by atoms with E-state index in [1.165, 1.54) is 0 Å². The lowest BCUT2D eigenvalue weighted by Crippen LogP contribution is -1.95. The van der Waals surface area contributed by atoms with Crippen molar-refractivity contribution in [1.82, 2.24) is 20.0 Å². The van der Waals surface area contributed by atoms with Gasteiger partial charge in [-0.2, -0.15) is 0 Å². The summed E-state index contributed by atoms with van der Waals surface area (Å²) in [6.07, 6.45) is 5.35. The molecule has 2 aromatic heterocycles. The topological polar surface area (TPSA) is 43.6 Å². The first-order valence-corrected chi connectivity index (χ1v) is 6.05. The molecule has 1 atom stereocenters. The van der Waals surface area contributed by atoms with Crippen LogP contribution in [0.25, 0.3) is 5.69 Å². The number of pyridine rings is 1. The Kier molecular flexibility index (Phi) is 3.16. The lowest BCUT2D eigenvalue weighted by molar-refractivity contribution is 0.793. The molecule has 0 bridgehead atoms. The van der Waals surface area contributed by atoms with E-state index < -0.39 is 0 Å². The van der Waals surface area contributed by atoms with Crippen molar-refractivity contribution in [3.8, 4) is 5.69 Å². The number of nitrogens with zero attached hydrogens (tertiary/aromatic N) is 4. The molecule has 0 spiro atoms. The third-order valence-corrected chi connectivity index (χ3v) is 2.78. The van der Waals surface area contributed by atoms with Crippen LogP contribution in [-0.4, -0.2) is 20.0 Å². The quantitative estimate of drug-likeness (QED) is 0.795. The number of aromatic nitrogens is 4. The van der Waals surface area contributed by atoms with Gasteiger partial charge in [0.2, 0.25) is 0 Å². The van der Waals surface area contributed by atoms with Crippen LogP contribution in [0.1, 0.15) is 17.4 Å². The number of hydrogen-bond acceptors (Lipinski definition) is 3. The predicted octanol–water partition coefficient (Wildman–Crippen LogP) is 2.88. The van der Waals surface area contributed by atoms with E-state index in [-0.39, 0.29) is 4.83 Å². The van der Waals surface area contributed by atoms with Gasteiger partial charge in [0.1, 0.15) is 0 Å². The standard InChI is InChI=1S/C9H8Br2N4/c1-6(10)9-5-15(14-13-9)8-2-7(11)3-12-4-8/h2-6H,1H3. The fourth-order valence-corrected chi connectivity index (χ4v) is 1.67. The first-order valence-electron chi connectivity index (χ1n) is 4.34. The van der Waals surface area contributed by atoms with Gasteiger partial charge < -0.3 is 0 Å². The van der Waals surface area contributed by atoms with Gasteiger partial charge in [0.25, 0.3) is 0 Å². The average molecular weight is 332 g/mol. The first kappa shape index (κ1) is 10.8. The lowest BCUT2D eigenvalue weighted by Gasteiger charge is -1.99. The largest absolute Gasteiger partial charge is 0.261 e. The van der Waals surface area contributed by atoms with Gasteiger partial charge >= 0.3 is 0 Å². The van der Waals surface area contributed by atoms with Crippen LogP contribution < -0.4 is 0 Å². The van der Waals surface area contributed by atoms with Crippen LogP contribution in [0.5, 0.6) is 0 Å². The highest BCUT2D eigenvalue weighted by atomic mass is 79.9. The fraction of sp³-hybridized carbons (Fsp3) is 0.222. The summed E-state index contributed by atoms with van der Waals surface area (Å²) < 4.78 is 2.62. The lowest BCUT2D eigenvalue weighted by atomic mass is 10.4. The third-order valence-electron chi connectivity index (χ3n) is 1.87. The third kappa shape index (κ3) is 2.43. The summed E-state index contributed by atoms with van der Waals surface area (Å²) in [5.74, 6) is 0. The van der Waals surface area contributed by atoms with Crippen LogP contribution in [0.15, 0.2) is 29.1 Å². The van der Waals surface area contributed by atoms with E-state index in [9.17, 15) is 0 Å². The maximum absolute atomic E-state index is 4.07. The summed E-state index contributed by atoms with van der Waals surface area (Å²) in [6.45, 7) is 2.01. The normalized spacial score (nSPS) is 12.7. The smallest absolute Gasteiger partial charge is 0.0965 e. The summed E-state index contributed by atoms with van der Waals surface area (Å²) in [6, 6.07) is 1.93. The van der Waals surface area contributed by atoms with Crippen molar-refractivity contribution >= 4 is 31.9 Å². The van der Waals surface area contributed by atoms with Gasteiger partial charge in [-0.25, -0.2) is 4.68 Å². The van der Waals surface area contributed by atoms with Crippen LogP contribution in [0.3, 0.4) is 0 Å². The van der Waals surface area contributed by atoms with Gasteiger partial charge in [0.05, 0.1) is 28.6 Å². The highest BCUT2D eigenvalue weighted by molar-refractivity contribution is 9.10. The van der Waals surface area contributed by atoms with E-state index in [0.29, 0.717) is 0 Å². The average Bonchev–Trinajstić information content (AvgIpc) is 2.66. The molecular formula is C9H8Br2N4. The van der Waals surface area contributed by atoms with Gasteiger partial charge in [-0.3, -0.25) is 4.98 Å². The Balaban J connectivity index is 2.37. The molecule has 0 radical (unpaired) electrons. The molecule has 0 fully saturated rings. The summed E-state index contributed by atoms with van der Waals surface area (Å²) in [4.78, 5) is 4.27. The highest BCUT2D eigenvalue weighted by Gasteiger charge is 2.07. The molecule has 2 heterocycles. The Bertz CT molecular complexity index is 467. The van der Waals surface area contributed by atoms with Crippen LogP contribution in [0, 0.1) is 0 Å². The molecule has 6 heteroatoms. The molecule has 1 unspecified atom stereocenters. The summed E-state index contributed by atoms with van der Waals surface area (Å²) in [7, 11) is 0. The minimum Gasteiger partial charge on any atom is -0.261 e. The molecule has 0 aliphatic rings. The summed E-state index contributed by atoms with van der Waals surface area (Å²) in [5, 5.41) is 8.07. The molecule has 4 nitrogen and oxygen atoms in total.